The number of nitrogens with two attached hydrogens (primary N) is 1. The molecular weight excluding hydrogens is 440 g/mol. The third-order valence-electron chi connectivity index (χ3n) is 5.02. The van der Waals surface area contributed by atoms with Crippen molar-refractivity contribution in [1.82, 2.24) is 9.97 Å². The second-order valence-electron chi connectivity index (χ2n) is 7.31. The smallest absolute Gasteiger partial charge is 0.345 e. The van der Waals surface area contributed by atoms with E-state index in [4.69, 9.17) is 10.5 Å². The number of methoxy groups -OCH3 is 1. The van der Waals surface area contributed by atoms with Crippen LogP contribution in [-0.4, -0.2) is 52.7 Å². The Bertz CT molecular complexity index is 945. The lowest BCUT2D eigenvalue weighted by atomic mass is 9.91. The van der Waals surface area contributed by atoms with Crippen LogP contribution >= 0.6 is 11.8 Å². The maximum atomic E-state index is 12.5. The molecule has 2 aromatic rings. The molecule has 172 valence electrons. The van der Waals surface area contributed by atoms with Crippen molar-refractivity contribution in [3.05, 3.63) is 48.0 Å². The number of amides is 1. The predicted octanol–water partition coefficient (Wildman–Crippen LogP) is 3.34. The standard InChI is InChI=1S/C21H25F2N5O3S/c1-12-13(8-17(11-31-20(22)23)32-21(24)27-12)7-15-9-14(5-6-25-15)28-19(29)18-4-3-16(30-2)10-26-18/h3-6,9-10,12-13,17,20H,7-8,11H2,1-2H3,(H2,24,27)(H,25,28,29)/t12-,13?,17-/m0/s1. The number of rotatable bonds is 8. The lowest BCUT2D eigenvalue weighted by molar-refractivity contribution is -0.128. The molecular formula is C21H25F2N5O3S. The normalized spacial score (nSPS) is 21.0. The Morgan fingerprint density at radius 3 is 2.84 bits per heavy atom. The number of thioether (sulfide) groups is 1. The number of aromatic nitrogens is 2. The molecule has 3 rings (SSSR count). The highest BCUT2D eigenvalue weighted by atomic mass is 32.2. The number of pyridine rings is 2. The van der Waals surface area contributed by atoms with Gasteiger partial charge in [-0.25, -0.2) is 4.98 Å². The van der Waals surface area contributed by atoms with Gasteiger partial charge in [0.25, 0.3) is 5.91 Å². The van der Waals surface area contributed by atoms with E-state index in [1.807, 2.05) is 6.92 Å². The minimum absolute atomic E-state index is 0.0246. The van der Waals surface area contributed by atoms with E-state index in [1.54, 1.807) is 30.5 Å². The van der Waals surface area contributed by atoms with Gasteiger partial charge in [-0.3, -0.25) is 14.8 Å². The van der Waals surface area contributed by atoms with Crippen molar-refractivity contribution in [3.8, 4) is 5.75 Å². The van der Waals surface area contributed by atoms with Crippen LogP contribution in [0, 0.1) is 5.92 Å². The Morgan fingerprint density at radius 2 is 2.16 bits per heavy atom. The lowest BCUT2D eigenvalue weighted by Crippen LogP contribution is -2.24. The number of hydrogen-bond acceptors (Lipinski definition) is 8. The second kappa shape index (κ2) is 11.2. The molecule has 0 spiro atoms. The quantitative estimate of drug-likeness (QED) is 0.615. The van der Waals surface area contributed by atoms with Crippen molar-refractivity contribution in [2.45, 2.75) is 37.7 Å². The van der Waals surface area contributed by atoms with Gasteiger partial charge >= 0.3 is 6.61 Å². The van der Waals surface area contributed by atoms with Crippen LogP contribution in [0.15, 0.2) is 41.7 Å². The highest BCUT2D eigenvalue weighted by Crippen LogP contribution is 2.30. The molecule has 0 fully saturated rings. The van der Waals surface area contributed by atoms with E-state index >= 15 is 0 Å². The number of halogens is 2. The first-order valence-corrected chi connectivity index (χ1v) is 10.9. The van der Waals surface area contributed by atoms with Gasteiger partial charge in [0.15, 0.2) is 5.17 Å². The van der Waals surface area contributed by atoms with E-state index in [2.05, 4.69) is 25.0 Å². The molecule has 8 nitrogen and oxygen atoms in total. The zero-order chi connectivity index (χ0) is 23.1. The van der Waals surface area contributed by atoms with Gasteiger partial charge in [0, 0.05) is 22.8 Å². The molecule has 0 aliphatic carbocycles. The molecule has 0 saturated heterocycles. The third kappa shape index (κ3) is 6.86. The lowest BCUT2D eigenvalue weighted by Gasteiger charge is -2.22. The number of carbonyl (C=O) groups excluding carboxylic acids is 1. The summed E-state index contributed by atoms with van der Waals surface area (Å²) in [6, 6.07) is 6.59. The average molecular weight is 466 g/mol. The zero-order valence-corrected chi connectivity index (χ0v) is 18.5. The van der Waals surface area contributed by atoms with Gasteiger partial charge in [-0.2, -0.15) is 8.78 Å². The van der Waals surface area contributed by atoms with Crippen molar-refractivity contribution in [3.63, 3.8) is 0 Å². The van der Waals surface area contributed by atoms with Crippen LogP contribution in [0.2, 0.25) is 0 Å². The number of amidine groups is 1. The van der Waals surface area contributed by atoms with Crippen LogP contribution in [-0.2, 0) is 11.2 Å². The molecule has 0 aromatic carbocycles. The number of nitrogens with one attached hydrogen (secondary N) is 1. The molecule has 1 amide bonds. The molecule has 3 N–H and O–H groups in total. The first-order chi connectivity index (χ1) is 15.3. The number of hydrogen-bond donors (Lipinski definition) is 2. The summed E-state index contributed by atoms with van der Waals surface area (Å²) in [5.74, 6) is 0.228. The van der Waals surface area contributed by atoms with Crippen LogP contribution in [0.4, 0.5) is 14.5 Å². The minimum atomic E-state index is -2.82. The average Bonchev–Trinajstić information content (AvgIpc) is 2.90. The maximum absolute atomic E-state index is 12.5. The molecule has 0 bridgehead atoms. The number of alkyl halides is 2. The molecule has 3 heterocycles. The zero-order valence-electron chi connectivity index (χ0n) is 17.7. The summed E-state index contributed by atoms with van der Waals surface area (Å²) in [4.78, 5) is 25.4. The number of carbonyl (C=O) groups is 1. The van der Waals surface area contributed by atoms with Crippen LogP contribution < -0.4 is 15.8 Å². The summed E-state index contributed by atoms with van der Waals surface area (Å²) in [7, 11) is 1.52. The van der Waals surface area contributed by atoms with E-state index in [1.165, 1.54) is 25.1 Å². The number of ether oxygens (including phenoxy) is 2. The Hall–Kier alpha value is -2.79. The Kier molecular flexibility index (Phi) is 8.34. The Labute approximate surface area is 189 Å². The van der Waals surface area contributed by atoms with Crippen LogP contribution in [0.3, 0.4) is 0 Å². The van der Waals surface area contributed by atoms with E-state index in [-0.39, 0.29) is 35.4 Å². The maximum Gasteiger partial charge on any atom is 0.345 e. The summed E-state index contributed by atoms with van der Waals surface area (Å²) >= 11 is 1.26. The second-order valence-corrected chi connectivity index (χ2v) is 8.64. The topological polar surface area (TPSA) is 112 Å². The van der Waals surface area contributed by atoms with Crippen molar-refractivity contribution in [1.29, 1.82) is 0 Å². The molecule has 1 aliphatic heterocycles. The van der Waals surface area contributed by atoms with Gasteiger partial charge in [-0.05, 0) is 49.9 Å². The van der Waals surface area contributed by atoms with Gasteiger partial charge in [-0.15, -0.1) is 0 Å². The molecule has 1 aliphatic rings. The fourth-order valence-corrected chi connectivity index (χ4v) is 4.45. The SMILES string of the molecule is COc1ccc(C(=O)Nc2ccnc(CC3C[C@@H](COC(F)F)SC(N)=N[C@H]3C)c2)nc1. The molecule has 2 aromatic heterocycles. The highest BCUT2D eigenvalue weighted by Gasteiger charge is 2.28. The summed E-state index contributed by atoms with van der Waals surface area (Å²) in [6.45, 7) is -0.995. The van der Waals surface area contributed by atoms with E-state index in [0.29, 0.717) is 29.4 Å². The summed E-state index contributed by atoms with van der Waals surface area (Å²) in [5.41, 5.74) is 7.50. The van der Waals surface area contributed by atoms with Gasteiger partial charge in [0.2, 0.25) is 0 Å². The molecule has 0 radical (unpaired) electrons. The molecule has 11 heteroatoms. The minimum Gasteiger partial charge on any atom is -0.495 e. The van der Waals surface area contributed by atoms with Crippen molar-refractivity contribution in [2.75, 3.05) is 19.0 Å². The Morgan fingerprint density at radius 1 is 1.34 bits per heavy atom. The van der Waals surface area contributed by atoms with E-state index in [9.17, 15) is 13.6 Å². The molecule has 1 unspecified atom stereocenters. The number of aliphatic imine (C=N–C) groups is 1. The fraction of sp³-hybridized carbons (Fsp3) is 0.429. The van der Waals surface area contributed by atoms with Gasteiger partial charge < -0.3 is 20.5 Å². The van der Waals surface area contributed by atoms with Gasteiger partial charge in [-0.1, -0.05) is 11.8 Å². The summed E-state index contributed by atoms with van der Waals surface area (Å²) in [5, 5.41) is 2.94. The predicted molar refractivity (Wildman–Crippen MR) is 119 cm³/mol. The molecule has 3 atom stereocenters. The van der Waals surface area contributed by atoms with Crippen LogP contribution in [0.1, 0.15) is 29.5 Å². The van der Waals surface area contributed by atoms with Gasteiger partial charge in [0.05, 0.1) is 26.0 Å². The van der Waals surface area contributed by atoms with Crippen molar-refractivity contribution in [2.24, 2.45) is 16.6 Å². The highest BCUT2D eigenvalue weighted by molar-refractivity contribution is 8.14. The summed E-state index contributed by atoms with van der Waals surface area (Å²) < 4.78 is 34.5. The number of anilines is 1. The Balaban J connectivity index is 1.67. The molecule has 32 heavy (non-hydrogen) atoms. The third-order valence-corrected chi connectivity index (χ3v) is 6.03. The van der Waals surface area contributed by atoms with E-state index in [0.717, 1.165) is 5.69 Å². The van der Waals surface area contributed by atoms with E-state index < -0.39 is 6.61 Å². The largest absolute Gasteiger partial charge is 0.495 e. The van der Waals surface area contributed by atoms with Crippen LogP contribution in [0.25, 0.3) is 0 Å². The first-order valence-electron chi connectivity index (χ1n) is 10.00. The van der Waals surface area contributed by atoms with Crippen LogP contribution in [0.5, 0.6) is 5.75 Å². The molecule has 0 saturated carbocycles. The first kappa shape index (κ1) is 23.9. The monoisotopic (exact) mass is 465 g/mol. The summed E-state index contributed by atoms with van der Waals surface area (Å²) in [6.07, 6.45) is 4.22. The number of nitrogens with zero attached hydrogens (tertiary/aromatic N) is 3. The van der Waals surface area contributed by atoms with Gasteiger partial charge in [0.1, 0.15) is 11.4 Å². The van der Waals surface area contributed by atoms with Crippen molar-refractivity contribution >= 4 is 28.5 Å². The fourth-order valence-electron chi connectivity index (χ4n) is 3.39. The van der Waals surface area contributed by atoms with Crippen molar-refractivity contribution < 1.29 is 23.0 Å².